The summed E-state index contributed by atoms with van der Waals surface area (Å²) >= 11 is 1.38. The normalized spacial score (nSPS) is 21.1. The maximum absolute atomic E-state index is 9.91. The van der Waals surface area contributed by atoms with Gasteiger partial charge in [-0.15, -0.1) is 0 Å². The third kappa shape index (κ3) is 3.00. The Morgan fingerprint density at radius 1 is 1.00 bits per heavy atom. The van der Waals surface area contributed by atoms with E-state index < -0.39 is 5.79 Å². The molecule has 0 fully saturated rings. The Morgan fingerprint density at radius 2 is 1.65 bits per heavy atom. The number of hydrogen-bond donors (Lipinski definition) is 2. The molecule has 1 aliphatic carbocycles. The molecular weight excluding hydrogens is 232 g/mol. The van der Waals surface area contributed by atoms with Crippen LogP contribution < -0.4 is 0 Å². The highest BCUT2D eigenvalue weighted by atomic mass is 32.2. The molecule has 17 heavy (non-hydrogen) atoms. The van der Waals surface area contributed by atoms with Gasteiger partial charge in [0.1, 0.15) is 0 Å². The van der Waals surface area contributed by atoms with E-state index in [2.05, 4.69) is 0 Å². The summed E-state index contributed by atoms with van der Waals surface area (Å²) in [6, 6.07) is 9.71. The van der Waals surface area contributed by atoms with E-state index in [-0.39, 0.29) is 5.41 Å². The molecule has 2 rings (SSSR count). The van der Waals surface area contributed by atoms with Crippen LogP contribution in [-0.2, 0) is 0 Å². The smallest absolute Gasteiger partial charge is 0.216 e. The Labute approximate surface area is 106 Å². The van der Waals surface area contributed by atoms with E-state index in [4.69, 9.17) is 0 Å². The standard InChI is InChI=1S/C14H16O2S/c1-13(2)8-9-14(15,16)12(10-13)17-11-6-4-3-5-7-11/h3-10,15-16H,1-2H3. The minimum Gasteiger partial charge on any atom is -0.358 e. The Morgan fingerprint density at radius 3 is 2.29 bits per heavy atom. The zero-order valence-electron chi connectivity index (χ0n) is 9.92. The van der Waals surface area contributed by atoms with Crippen molar-refractivity contribution in [3.8, 4) is 0 Å². The van der Waals surface area contributed by atoms with Crippen molar-refractivity contribution in [2.45, 2.75) is 24.5 Å². The molecular formula is C14H16O2S. The van der Waals surface area contributed by atoms with Gasteiger partial charge in [0.05, 0.1) is 0 Å². The summed E-state index contributed by atoms with van der Waals surface area (Å²) in [7, 11) is 0. The first-order valence-corrected chi connectivity index (χ1v) is 6.32. The molecule has 0 radical (unpaired) electrons. The van der Waals surface area contributed by atoms with Crippen molar-refractivity contribution < 1.29 is 10.2 Å². The highest BCUT2D eigenvalue weighted by Gasteiger charge is 2.32. The summed E-state index contributed by atoms with van der Waals surface area (Å²) in [5.41, 5.74) is -0.147. The molecule has 1 aromatic carbocycles. The zero-order chi connectivity index (χ0) is 12.5. The van der Waals surface area contributed by atoms with Crippen molar-refractivity contribution in [1.82, 2.24) is 0 Å². The van der Waals surface area contributed by atoms with Gasteiger partial charge >= 0.3 is 0 Å². The molecule has 0 aliphatic heterocycles. The average Bonchev–Trinajstić information content (AvgIpc) is 2.26. The van der Waals surface area contributed by atoms with E-state index in [0.717, 1.165) is 4.90 Å². The van der Waals surface area contributed by atoms with Crippen molar-refractivity contribution in [1.29, 1.82) is 0 Å². The molecule has 0 heterocycles. The monoisotopic (exact) mass is 248 g/mol. The van der Waals surface area contributed by atoms with Gasteiger partial charge in [-0.1, -0.05) is 56.0 Å². The van der Waals surface area contributed by atoms with Gasteiger partial charge in [-0.05, 0) is 18.2 Å². The third-order valence-corrected chi connectivity index (χ3v) is 3.73. The fourth-order valence-corrected chi connectivity index (χ4v) is 2.75. The van der Waals surface area contributed by atoms with Crippen LogP contribution in [0.4, 0.5) is 0 Å². The summed E-state index contributed by atoms with van der Waals surface area (Å²) in [5.74, 6) is -1.85. The molecule has 0 saturated heterocycles. The van der Waals surface area contributed by atoms with Crippen LogP contribution in [0.3, 0.4) is 0 Å². The first-order chi connectivity index (χ1) is 7.89. The lowest BCUT2D eigenvalue weighted by atomic mass is 9.87. The molecule has 0 aromatic heterocycles. The fraction of sp³-hybridized carbons (Fsp3) is 0.286. The number of benzene rings is 1. The first kappa shape index (κ1) is 12.4. The Bertz CT molecular complexity index is 458. The molecule has 0 bridgehead atoms. The Kier molecular flexibility index (Phi) is 3.17. The molecule has 3 heteroatoms. The summed E-state index contributed by atoms with van der Waals surface area (Å²) in [5, 5.41) is 19.8. The van der Waals surface area contributed by atoms with Crippen LogP contribution >= 0.6 is 11.8 Å². The summed E-state index contributed by atoms with van der Waals surface area (Å²) in [6.45, 7) is 4.06. The van der Waals surface area contributed by atoms with Crippen LogP contribution in [-0.4, -0.2) is 16.0 Å². The van der Waals surface area contributed by atoms with Crippen molar-refractivity contribution in [3.05, 3.63) is 53.5 Å². The number of allylic oxidation sites excluding steroid dienone is 2. The van der Waals surface area contributed by atoms with Crippen LogP contribution in [0.15, 0.2) is 58.4 Å². The highest BCUT2D eigenvalue weighted by Crippen LogP contribution is 2.40. The lowest BCUT2D eigenvalue weighted by molar-refractivity contribution is -0.0800. The number of thioether (sulfide) groups is 1. The number of aliphatic hydroxyl groups is 2. The van der Waals surface area contributed by atoms with Crippen molar-refractivity contribution >= 4 is 11.8 Å². The van der Waals surface area contributed by atoms with Crippen LogP contribution in [0.1, 0.15) is 13.8 Å². The topological polar surface area (TPSA) is 40.5 Å². The molecule has 0 unspecified atom stereocenters. The molecule has 1 aromatic rings. The predicted molar refractivity (Wildman–Crippen MR) is 70.5 cm³/mol. The minimum atomic E-state index is -1.85. The van der Waals surface area contributed by atoms with Gasteiger partial charge in [-0.2, -0.15) is 0 Å². The molecule has 0 saturated carbocycles. The third-order valence-electron chi connectivity index (χ3n) is 2.58. The molecule has 0 atom stereocenters. The van der Waals surface area contributed by atoms with Gasteiger partial charge in [-0.25, -0.2) is 0 Å². The van der Waals surface area contributed by atoms with E-state index in [1.165, 1.54) is 17.8 Å². The van der Waals surface area contributed by atoms with E-state index in [1.54, 1.807) is 0 Å². The van der Waals surface area contributed by atoms with Crippen LogP contribution in [0, 0.1) is 5.41 Å². The molecule has 2 nitrogen and oxygen atoms in total. The maximum atomic E-state index is 9.91. The summed E-state index contributed by atoms with van der Waals surface area (Å²) < 4.78 is 0. The lowest BCUT2D eigenvalue weighted by Crippen LogP contribution is -2.31. The average molecular weight is 248 g/mol. The van der Waals surface area contributed by atoms with Gasteiger partial charge in [0, 0.05) is 15.2 Å². The molecule has 0 spiro atoms. The van der Waals surface area contributed by atoms with Crippen LogP contribution in [0.2, 0.25) is 0 Å². The highest BCUT2D eigenvalue weighted by molar-refractivity contribution is 8.03. The SMILES string of the molecule is CC1(C)C=CC(O)(O)C(Sc2ccccc2)=C1. The molecule has 0 amide bonds. The second-order valence-corrected chi connectivity index (χ2v) is 5.92. The fourth-order valence-electron chi connectivity index (χ4n) is 1.63. The second kappa shape index (κ2) is 4.33. The minimum absolute atomic E-state index is 0.147. The molecule has 1 aliphatic rings. The van der Waals surface area contributed by atoms with E-state index in [0.29, 0.717) is 4.91 Å². The second-order valence-electron chi connectivity index (χ2n) is 4.80. The Balaban J connectivity index is 2.28. The Hall–Kier alpha value is -1.03. The lowest BCUT2D eigenvalue weighted by Gasteiger charge is -2.30. The molecule has 90 valence electrons. The van der Waals surface area contributed by atoms with Gasteiger partial charge in [0.15, 0.2) is 0 Å². The zero-order valence-corrected chi connectivity index (χ0v) is 10.7. The van der Waals surface area contributed by atoms with Crippen LogP contribution in [0.25, 0.3) is 0 Å². The quantitative estimate of drug-likeness (QED) is 0.624. The first-order valence-electron chi connectivity index (χ1n) is 5.50. The van der Waals surface area contributed by atoms with Gasteiger partial charge < -0.3 is 10.2 Å². The van der Waals surface area contributed by atoms with Crippen molar-refractivity contribution in [2.24, 2.45) is 5.41 Å². The van der Waals surface area contributed by atoms with Gasteiger partial charge in [-0.3, -0.25) is 0 Å². The van der Waals surface area contributed by atoms with Gasteiger partial charge in [0.25, 0.3) is 0 Å². The van der Waals surface area contributed by atoms with E-state index >= 15 is 0 Å². The maximum Gasteiger partial charge on any atom is 0.216 e. The van der Waals surface area contributed by atoms with Gasteiger partial charge in [0.2, 0.25) is 5.79 Å². The largest absolute Gasteiger partial charge is 0.358 e. The van der Waals surface area contributed by atoms with Crippen LogP contribution in [0.5, 0.6) is 0 Å². The van der Waals surface area contributed by atoms with Crippen molar-refractivity contribution in [3.63, 3.8) is 0 Å². The van der Waals surface area contributed by atoms with E-state index in [9.17, 15) is 10.2 Å². The summed E-state index contributed by atoms with van der Waals surface area (Å²) in [4.78, 5) is 1.55. The predicted octanol–water partition coefficient (Wildman–Crippen LogP) is 2.94. The number of hydrogen-bond acceptors (Lipinski definition) is 3. The van der Waals surface area contributed by atoms with E-state index in [1.807, 2.05) is 56.3 Å². The number of rotatable bonds is 2. The summed E-state index contributed by atoms with van der Waals surface area (Å²) in [6.07, 6.45) is 5.14. The van der Waals surface area contributed by atoms with Crippen molar-refractivity contribution in [2.75, 3.05) is 0 Å². The molecule has 2 N–H and O–H groups in total.